The van der Waals surface area contributed by atoms with Gasteiger partial charge in [0.15, 0.2) is 5.58 Å². The molecule has 0 saturated heterocycles. The number of aromatic nitrogens is 1. The number of aromatic amines is 1. The van der Waals surface area contributed by atoms with Crippen molar-refractivity contribution in [3.05, 3.63) is 22.7 Å². The van der Waals surface area contributed by atoms with Crippen LogP contribution in [0.3, 0.4) is 0 Å². The standard InChI is InChI=1S/C13H19N3O2S/c1-3-19-5-4-8(2)15-10-7-11-12(6-9(10)14)18-13(17)16-11/h6-8,15H,3-5,14H2,1-2H3,(H,16,17). The van der Waals surface area contributed by atoms with Crippen LogP contribution in [0.2, 0.25) is 0 Å². The zero-order chi connectivity index (χ0) is 13.8. The molecular formula is C13H19N3O2S. The van der Waals surface area contributed by atoms with Gasteiger partial charge in [-0.15, -0.1) is 0 Å². The van der Waals surface area contributed by atoms with E-state index in [0.717, 1.165) is 23.6 Å². The SMILES string of the molecule is CCSCCC(C)Nc1cc2[nH]c(=O)oc2cc1N. The van der Waals surface area contributed by atoms with Crippen LogP contribution in [0.15, 0.2) is 21.3 Å². The molecule has 2 rings (SSSR count). The molecule has 0 bridgehead atoms. The number of thioether (sulfide) groups is 1. The molecule has 104 valence electrons. The van der Waals surface area contributed by atoms with E-state index in [1.165, 1.54) is 0 Å². The highest BCUT2D eigenvalue weighted by Gasteiger charge is 2.09. The first kappa shape index (κ1) is 13.9. The molecule has 0 saturated carbocycles. The Bertz CT molecular complexity index is 605. The van der Waals surface area contributed by atoms with Crippen molar-refractivity contribution in [1.29, 1.82) is 0 Å². The van der Waals surface area contributed by atoms with Crippen LogP contribution in [0.25, 0.3) is 11.1 Å². The molecule has 5 nitrogen and oxygen atoms in total. The summed E-state index contributed by atoms with van der Waals surface area (Å²) >= 11 is 1.92. The molecule has 4 N–H and O–H groups in total. The van der Waals surface area contributed by atoms with Gasteiger partial charge in [-0.25, -0.2) is 4.79 Å². The topological polar surface area (TPSA) is 84.0 Å². The Kier molecular flexibility index (Phi) is 4.42. The summed E-state index contributed by atoms with van der Waals surface area (Å²) in [5.41, 5.74) is 8.53. The van der Waals surface area contributed by atoms with Gasteiger partial charge in [0.2, 0.25) is 0 Å². The molecule has 19 heavy (non-hydrogen) atoms. The summed E-state index contributed by atoms with van der Waals surface area (Å²) in [7, 11) is 0. The maximum Gasteiger partial charge on any atom is 0.417 e. The number of benzene rings is 1. The number of hydrogen-bond donors (Lipinski definition) is 3. The first-order chi connectivity index (χ1) is 9.10. The van der Waals surface area contributed by atoms with Gasteiger partial charge in [-0.3, -0.25) is 4.98 Å². The highest BCUT2D eigenvalue weighted by atomic mass is 32.2. The van der Waals surface area contributed by atoms with E-state index in [1.54, 1.807) is 6.07 Å². The molecule has 0 aliphatic carbocycles. The summed E-state index contributed by atoms with van der Waals surface area (Å²) < 4.78 is 4.97. The minimum absolute atomic E-state index is 0.331. The third-order valence-electron chi connectivity index (χ3n) is 2.89. The molecule has 0 aliphatic rings. The molecule has 1 atom stereocenters. The summed E-state index contributed by atoms with van der Waals surface area (Å²) in [6.45, 7) is 4.28. The van der Waals surface area contributed by atoms with E-state index in [4.69, 9.17) is 10.2 Å². The quantitative estimate of drug-likeness (QED) is 0.560. The van der Waals surface area contributed by atoms with Gasteiger partial charge in [0.1, 0.15) is 0 Å². The Balaban J connectivity index is 2.11. The van der Waals surface area contributed by atoms with Gasteiger partial charge in [0, 0.05) is 12.1 Å². The van der Waals surface area contributed by atoms with Crippen molar-refractivity contribution in [3.63, 3.8) is 0 Å². The van der Waals surface area contributed by atoms with Gasteiger partial charge < -0.3 is 15.5 Å². The highest BCUT2D eigenvalue weighted by molar-refractivity contribution is 7.99. The lowest BCUT2D eigenvalue weighted by atomic mass is 10.2. The van der Waals surface area contributed by atoms with E-state index in [2.05, 4.69) is 24.1 Å². The van der Waals surface area contributed by atoms with Crippen LogP contribution in [0, 0.1) is 0 Å². The van der Waals surface area contributed by atoms with Crippen molar-refractivity contribution < 1.29 is 4.42 Å². The van der Waals surface area contributed by atoms with Gasteiger partial charge in [-0.1, -0.05) is 6.92 Å². The van der Waals surface area contributed by atoms with Gasteiger partial charge >= 0.3 is 5.76 Å². The lowest BCUT2D eigenvalue weighted by Gasteiger charge is -2.16. The van der Waals surface area contributed by atoms with Gasteiger partial charge in [-0.2, -0.15) is 11.8 Å². The number of oxazole rings is 1. The Morgan fingerprint density at radius 1 is 1.53 bits per heavy atom. The van der Waals surface area contributed by atoms with Gasteiger partial charge in [0.05, 0.1) is 16.9 Å². The lowest BCUT2D eigenvalue weighted by Crippen LogP contribution is -2.17. The van der Waals surface area contributed by atoms with Crippen LogP contribution >= 0.6 is 11.8 Å². The zero-order valence-electron chi connectivity index (χ0n) is 11.2. The monoisotopic (exact) mass is 281 g/mol. The third-order valence-corrected chi connectivity index (χ3v) is 3.82. The average Bonchev–Trinajstić information content (AvgIpc) is 2.69. The summed E-state index contributed by atoms with van der Waals surface area (Å²) in [6, 6.07) is 3.82. The third kappa shape index (κ3) is 3.47. The van der Waals surface area contributed by atoms with E-state index in [0.29, 0.717) is 22.8 Å². The molecule has 1 aromatic heterocycles. The predicted octanol–water partition coefficient (Wildman–Crippen LogP) is 2.65. The predicted molar refractivity (Wildman–Crippen MR) is 81.9 cm³/mol. The van der Waals surface area contributed by atoms with Crippen molar-refractivity contribution >= 4 is 34.2 Å². The summed E-state index contributed by atoms with van der Waals surface area (Å²) in [4.78, 5) is 13.8. The summed E-state index contributed by atoms with van der Waals surface area (Å²) in [5.74, 6) is 1.80. The van der Waals surface area contributed by atoms with Gasteiger partial charge in [-0.05, 0) is 30.9 Å². The number of nitrogen functional groups attached to an aromatic ring is 1. The number of anilines is 2. The van der Waals surface area contributed by atoms with E-state index >= 15 is 0 Å². The van der Waals surface area contributed by atoms with E-state index in [1.807, 2.05) is 17.8 Å². The van der Waals surface area contributed by atoms with Crippen molar-refractivity contribution in [2.75, 3.05) is 22.6 Å². The van der Waals surface area contributed by atoms with E-state index < -0.39 is 5.76 Å². The number of hydrogen-bond acceptors (Lipinski definition) is 5. The number of nitrogens with one attached hydrogen (secondary N) is 2. The number of nitrogens with two attached hydrogens (primary N) is 1. The molecule has 0 aliphatic heterocycles. The molecule has 0 amide bonds. The molecule has 1 heterocycles. The van der Waals surface area contributed by atoms with Crippen LogP contribution in [0.5, 0.6) is 0 Å². The van der Waals surface area contributed by atoms with Crippen LogP contribution in [-0.2, 0) is 0 Å². The molecule has 1 unspecified atom stereocenters. The van der Waals surface area contributed by atoms with E-state index in [-0.39, 0.29) is 0 Å². The highest BCUT2D eigenvalue weighted by Crippen LogP contribution is 2.25. The second kappa shape index (κ2) is 6.06. The molecular weight excluding hydrogens is 262 g/mol. The second-order valence-corrected chi connectivity index (χ2v) is 5.87. The molecule has 2 aromatic rings. The molecule has 1 aromatic carbocycles. The fourth-order valence-electron chi connectivity index (χ4n) is 1.88. The van der Waals surface area contributed by atoms with Crippen LogP contribution in [-0.4, -0.2) is 22.5 Å². The van der Waals surface area contributed by atoms with Crippen molar-refractivity contribution in [1.82, 2.24) is 4.98 Å². The maximum atomic E-state index is 11.1. The number of H-pyrrole nitrogens is 1. The van der Waals surface area contributed by atoms with Gasteiger partial charge in [0.25, 0.3) is 0 Å². The van der Waals surface area contributed by atoms with Crippen LogP contribution < -0.4 is 16.8 Å². The smallest absolute Gasteiger partial charge is 0.408 e. The molecule has 6 heteroatoms. The fourth-order valence-corrected chi connectivity index (χ4v) is 2.69. The van der Waals surface area contributed by atoms with Crippen LogP contribution in [0.1, 0.15) is 20.3 Å². The van der Waals surface area contributed by atoms with Crippen molar-refractivity contribution in [3.8, 4) is 0 Å². The first-order valence-corrected chi connectivity index (χ1v) is 7.52. The second-order valence-electron chi connectivity index (χ2n) is 4.48. The Labute approximate surface area is 115 Å². The minimum Gasteiger partial charge on any atom is -0.408 e. The Morgan fingerprint density at radius 3 is 3.05 bits per heavy atom. The Morgan fingerprint density at radius 2 is 2.32 bits per heavy atom. The summed E-state index contributed by atoms with van der Waals surface area (Å²) in [6.07, 6.45) is 1.07. The number of fused-ring (bicyclic) bond motifs is 1. The molecule has 0 fully saturated rings. The fraction of sp³-hybridized carbons (Fsp3) is 0.462. The minimum atomic E-state index is -0.459. The zero-order valence-corrected chi connectivity index (χ0v) is 12.0. The molecule has 0 radical (unpaired) electrons. The summed E-state index contributed by atoms with van der Waals surface area (Å²) in [5, 5.41) is 3.37. The van der Waals surface area contributed by atoms with E-state index in [9.17, 15) is 4.79 Å². The van der Waals surface area contributed by atoms with Crippen LogP contribution in [0.4, 0.5) is 11.4 Å². The van der Waals surface area contributed by atoms with Crippen molar-refractivity contribution in [2.45, 2.75) is 26.3 Å². The number of rotatable bonds is 6. The largest absolute Gasteiger partial charge is 0.417 e. The normalized spacial score (nSPS) is 12.7. The molecule has 0 spiro atoms. The lowest BCUT2D eigenvalue weighted by molar-refractivity contribution is 0.555. The maximum absolute atomic E-state index is 11.1. The Hall–Kier alpha value is -1.56. The average molecular weight is 281 g/mol. The van der Waals surface area contributed by atoms with Crippen molar-refractivity contribution in [2.24, 2.45) is 0 Å². The first-order valence-electron chi connectivity index (χ1n) is 6.36.